The van der Waals surface area contributed by atoms with Gasteiger partial charge in [-0.2, -0.15) is 0 Å². The molecule has 0 aliphatic heterocycles. The van der Waals surface area contributed by atoms with Gasteiger partial charge in [0.15, 0.2) is 10.4 Å². The Bertz CT molecular complexity index is 784. The first-order valence-electron chi connectivity index (χ1n) is 6.36. The molecule has 1 amide bonds. The Hall–Kier alpha value is -1.64. The molecule has 1 aromatic heterocycles. The molecule has 0 saturated heterocycles. The van der Waals surface area contributed by atoms with Gasteiger partial charge >= 0.3 is 0 Å². The van der Waals surface area contributed by atoms with Gasteiger partial charge in [-0.3, -0.25) is 4.79 Å². The number of hydrogen-bond donors (Lipinski definition) is 1. The lowest BCUT2D eigenvalue weighted by Crippen LogP contribution is -2.26. The third-order valence-corrected chi connectivity index (χ3v) is 5.31. The number of hydrogen-bond acceptors (Lipinski definition) is 4. The zero-order chi connectivity index (χ0) is 16.3. The summed E-state index contributed by atoms with van der Waals surface area (Å²) in [5, 5.41) is 2.64. The minimum atomic E-state index is -3.56. The van der Waals surface area contributed by atoms with Crippen LogP contribution in [0.5, 0.6) is 0 Å². The summed E-state index contributed by atoms with van der Waals surface area (Å²) in [7, 11) is -0.638. The normalized spacial score (nSPS) is 11.6. The molecule has 0 fully saturated rings. The number of benzene rings is 1. The quantitative estimate of drug-likeness (QED) is 0.853. The van der Waals surface area contributed by atoms with E-state index in [1.165, 1.54) is 26.2 Å². The Labute approximate surface area is 137 Å². The van der Waals surface area contributed by atoms with E-state index in [1.54, 1.807) is 24.3 Å². The molecule has 0 radical (unpaired) electrons. The topological polar surface area (TPSA) is 79.6 Å². The van der Waals surface area contributed by atoms with Gasteiger partial charge in [0.25, 0.3) is 5.91 Å². The molecule has 1 N–H and O–H groups in total. The summed E-state index contributed by atoms with van der Waals surface area (Å²) in [5.41, 5.74) is 0.509. The fourth-order valence-electron chi connectivity index (χ4n) is 1.80. The maximum absolute atomic E-state index is 12.3. The van der Waals surface area contributed by atoms with E-state index in [9.17, 15) is 13.2 Å². The van der Waals surface area contributed by atoms with Crippen molar-refractivity contribution in [2.24, 2.45) is 0 Å². The van der Waals surface area contributed by atoms with Crippen molar-refractivity contribution in [2.75, 3.05) is 14.1 Å². The number of halogens is 1. The molecular formula is C14H15BrN2O4S. The third-order valence-electron chi connectivity index (χ3n) is 2.97. The maximum Gasteiger partial charge on any atom is 0.287 e. The lowest BCUT2D eigenvalue weighted by molar-refractivity contribution is 0.0921. The van der Waals surface area contributed by atoms with Crippen LogP contribution in [0.3, 0.4) is 0 Å². The predicted molar refractivity (Wildman–Crippen MR) is 84.9 cm³/mol. The lowest BCUT2D eigenvalue weighted by Gasteiger charge is -2.15. The molecule has 0 atom stereocenters. The molecule has 0 saturated carbocycles. The molecule has 22 heavy (non-hydrogen) atoms. The second-order valence-corrected chi connectivity index (χ2v) is 7.58. The van der Waals surface area contributed by atoms with Gasteiger partial charge in [-0.1, -0.05) is 18.2 Å². The third kappa shape index (κ3) is 3.57. The predicted octanol–water partition coefficient (Wildman–Crippen LogP) is 2.22. The number of rotatable bonds is 5. The largest absolute Gasteiger partial charge is 0.444 e. The summed E-state index contributed by atoms with van der Waals surface area (Å²) in [6, 6.07) is 9.68. The van der Waals surface area contributed by atoms with Crippen molar-refractivity contribution in [1.82, 2.24) is 9.62 Å². The summed E-state index contributed by atoms with van der Waals surface area (Å²) in [6.07, 6.45) is 0. The van der Waals surface area contributed by atoms with Crippen LogP contribution < -0.4 is 5.32 Å². The Morgan fingerprint density at radius 3 is 2.50 bits per heavy atom. The van der Waals surface area contributed by atoms with E-state index in [-0.39, 0.29) is 17.2 Å². The average Bonchev–Trinajstić information content (AvgIpc) is 2.91. The summed E-state index contributed by atoms with van der Waals surface area (Å²) in [4.78, 5) is 12.1. The Balaban J connectivity index is 2.19. The van der Waals surface area contributed by atoms with Crippen LogP contribution in [-0.2, 0) is 16.6 Å². The number of carbonyl (C=O) groups excluding carboxylic acids is 1. The Morgan fingerprint density at radius 2 is 1.91 bits per heavy atom. The van der Waals surface area contributed by atoms with E-state index in [0.717, 1.165) is 4.31 Å². The van der Waals surface area contributed by atoms with Crippen LogP contribution >= 0.6 is 15.9 Å². The summed E-state index contributed by atoms with van der Waals surface area (Å²) in [5.74, 6) is -0.262. The molecule has 8 heteroatoms. The lowest BCUT2D eigenvalue weighted by atomic mass is 10.2. The van der Waals surface area contributed by atoms with Gasteiger partial charge in [0, 0.05) is 20.6 Å². The van der Waals surface area contributed by atoms with Crippen molar-refractivity contribution in [2.45, 2.75) is 11.4 Å². The van der Waals surface area contributed by atoms with Gasteiger partial charge in [-0.15, -0.1) is 0 Å². The van der Waals surface area contributed by atoms with Crippen molar-refractivity contribution in [3.63, 3.8) is 0 Å². The van der Waals surface area contributed by atoms with E-state index in [1.807, 2.05) is 0 Å². The molecular weight excluding hydrogens is 372 g/mol. The molecule has 0 spiro atoms. The summed E-state index contributed by atoms with van der Waals surface area (Å²) in [6.45, 7) is 0.0837. The van der Waals surface area contributed by atoms with E-state index in [0.29, 0.717) is 10.2 Å². The van der Waals surface area contributed by atoms with E-state index in [2.05, 4.69) is 21.2 Å². The maximum atomic E-state index is 12.3. The standard InChI is InChI=1S/C14H15BrN2O4S/c1-17(2)22(19,20)12-6-4-3-5-10(12)9-16-14(18)11-7-8-13(15)21-11/h3-8H,9H2,1-2H3,(H,16,18). The van der Waals surface area contributed by atoms with E-state index < -0.39 is 15.9 Å². The molecule has 2 rings (SSSR count). The van der Waals surface area contributed by atoms with Crippen molar-refractivity contribution in [3.8, 4) is 0 Å². The van der Waals surface area contributed by atoms with Crippen LogP contribution in [-0.4, -0.2) is 32.7 Å². The van der Waals surface area contributed by atoms with Crippen LogP contribution in [0.1, 0.15) is 16.1 Å². The number of carbonyl (C=O) groups is 1. The molecule has 0 aliphatic carbocycles. The second kappa shape index (κ2) is 6.64. The van der Waals surface area contributed by atoms with Crippen LogP contribution in [0.4, 0.5) is 0 Å². The van der Waals surface area contributed by atoms with Gasteiger partial charge in [0.2, 0.25) is 10.0 Å². The second-order valence-electron chi connectivity index (χ2n) is 4.68. The van der Waals surface area contributed by atoms with Crippen LogP contribution in [0.15, 0.2) is 50.4 Å². The minimum Gasteiger partial charge on any atom is -0.444 e. The number of sulfonamides is 1. The minimum absolute atomic E-state index is 0.0837. The molecule has 0 bridgehead atoms. The Kier molecular flexibility index (Phi) is 5.05. The molecule has 6 nitrogen and oxygen atoms in total. The molecule has 0 aliphatic rings. The van der Waals surface area contributed by atoms with E-state index >= 15 is 0 Å². The highest BCUT2D eigenvalue weighted by molar-refractivity contribution is 9.10. The van der Waals surface area contributed by atoms with Crippen LogP contribution in [0.2, 0.25) is 0 Å². The fourth-order valence-corrected chi connectivity index (χ4v) is 3.22. The van der Waals surface area contributed by atoms with Crippen LogP contribution in [0.25, 0.3) is 0 Å². The monoisotopic (exact) mass is 386 g/mol. The highest BCUT2D eigenvalue weighted by Gasteiger charge is 2.21. The van der Waals surface area contributed by atoms with Crippen molar-refractivity contribution in [3.05, 3.63) is 52.4 Å². The first kappa shape index (κ1) is 16.7. The average molecular weight is 387 g/mol. The summed E-state index contributed by atoms with van der Waals surface area (Å²) >= 11 is 3.12. The van der Waals surface area contributed by atoms with Gasteiger partial charge in [0.05, 0.1) is 4.90 Å². The SMILES string of the molecule is CN(C)S(=O)(=O)c1ccccc1CNC(=O)c1ccc(Br)o1. The van der Waals surface area contributed by atoms with Gasteiger partial charge < -0.3 is 9.73 Å². The zero-order valence-electron chi connectivity index (χ0n) is 12.0. The Morgan fingerprint density at radius 1 is 1.23 bits per heavy atom. The number of amides is 1. The smallest absolute Gasteiger partial charge is 0.287 e. The fraction of sp³-hybridized carbons (Fsp3) is 0.214. The van der Waals surface area contributed by atoms with Crippen molar-refractivity contribution >= 4 is 31.9 Å². The molecule has 118 valence electrons. The first-order chi connectivity index (χ1) is 10.3. The highest BCUT2D eigenvalue weighted by atomic mass is 79.9. The molecule has 1 heterocycles. The number of furan rings is 1. The number of nitrogens with zero attached hydrogens (tertiary/aromatic N) is 1. The first-order valence-corrected chi connectivity index (χ1v) is 8.59. The van der Waals surface area contributed by atoms with Gasteiger partial charge in [-0.25, -0.2) is 12.7 Å². The van der Waals surface area contributed by atoms with Crippen molar-refractivity contribution in [1.29, 1.82) is 0 Å². The molecule has 1 aromatic carbocycles. The van der Waals surface area contributed by atoms with Gasteiger partial charge in [-0.05, 0) is 39.7 Å². The van der Waals surface area contributed by atoms with Crippen molar-refractivity contribution < 1.29 is 17.6 Å². The van der Waals surface area contributed by atoms with Crippen LogP contribution in [0, 0.1) is 0 Å². The molecule has 2 aromatic rings. The van der Waals surface area contributed by atoms with Gasteiger partial charge in [0.1, 0.15) is 0 Å². The number of nitrogens with one attached hydrogen (secondary N) is 1. The zero-order valence-corrected chi connectivity index (χ0v) is 14.4. The van der Waals surface area contributed by atoms with E-state index in [4.69, 9.17) is 4.42 Å². The molecule has 0 unspecified atom stereocenters. The summed E-state index contributed by atoms with van der Waals surface area (Å²) < 4.78 is 31.3. The highest BCUT2D eigenvalue weighted by Crippen LogP contribution is 2.19.